The third kappa shape index (κ3) is 3.74. The number of esters is 1. The van der Waals surface area contributed by atoms with E-state index in [9.17, 15) is 18.4 Å². The Labute approximate surface area is 147 Å². The monoisotopic (exact) mass is 363 g/mol. The van der Waals surface area contributed by atoms with Gasteiger partial charge in [0.15, 0.2) is 17.6 Å². The van der Waals surface area contributed by atoms with E-state index in [4.69, 9.17) is 14.2 Å². The van der Waals surface area contributed by atoms with E-state index in [1.165, 1.54) is 13.0 Å². The number of anilines is 1. The number of halogens is 2. The van der Waals surface area contributed by atoms with E-state index < -0.39 is 41.4 Å². The summed E-state index contributed by atoms with van der Waals surface area (Å²) in [5.41, 5.74) is -0.605. The Balaban J connectivity index is 1.60. The SMILES string of the molecule is C[C@H](OC(=O)[C@@H]1COc2ccccc2O1)C(=O)Nc1c(F)cccc1F. The number of carbonyl (C=O) groups is 2. The molecule has 0 aliphatic carbocycles. The van der Waals surface area contributed by atoms with Crippen LogP contribution in [0.5, 0.6) is 11.5 Å². The van der Waals surface area contributed by atoms with Gasteiger partial charge in [-0.25, -0.2) is 13.6 Å². The standard InChI is InChI=1S/C18H15F2NO5/c1-10(17(22)21-16-11(19)5-4-6-12(16)20)25-18(23)15-9-24-13-7-2-3-8-14(13)26-15/h2-8,10,15H,9H2,1H3,(H,21,22)/t10-,15-/m0/s1. The van der Waals surface area contributed by atoms with Crippen molar-refractivity contribution in [1.29, 1.82) is 0 Å². The first-order chi connectivity index (χ1) is 12.5. The smallest absolute Gasteiger partial charge is 0.351 e. The number of amides is 1. The fourth-order valence-electron chi connectivity index (χ4n) is 2.28. The van der Waals surface area contributed by atoms with Gasteiger partial charge in [0, 0.05) is 0 Å². The lowest BCUT2D eigenvalue weighted by atomic mass is 10.2. The molecular formula is C18H15F2NO5. The molecule has 2 aromatic rings. The Morgan fingerprint density at radius 2 is 1.77 bits per heavy atom. The topological polar surface area (TPSA) is 73.9 Å². The molecule has 1 N–H and O–H groups in total. The molecule has 1 heterocycles. The lowest BCUT2D eigenvalue weighted by molar-refractivity contribution is -0.162. The molecule has 1 amide bonds. The van der Waals surface area contributed by atoms with Gasteiger partial charge in [0.1, 0.15) is 23.9 Å². The molecule has 1 aliphatic heterocycles. The normalized spacial score (nSPS) is 16.5. The molecule has 0 radical (unpaired) electrons. The molecule has 2 aromatic carbocycles. The van der Waals surface area contributed by atoms with Gasteiger partial charge in [-0.3, -0.25) is 4.79 Å². The Kier molecular flexibility index (Phi) is 5.01. The zero-order valence-corrected chi connectivity index (χ0v) is 13.7. The van der Waals surface area contributed by atoms with Crippen molar-refractivity contribution in [2.75, 3.05) is 11.9 Å². The van der Waals surface area contributed by atoms with Crippen LogP contribution in [0.3, 0.4) is 0 Å². The molecule has 1 aliphatic rings. The third-order valence-corrected chi connectivity index (χ3v) is 3.64. The van der Waals surface area contributed by atoms with E-state index in [1.54, 1.807) is 24.3 Å². The summed E-state index contributed by atoms with van der Waals surface area (Å²) in [6, 6.07) is 9.97. The highest BCUT2D eigenvalue weighted by Gasteiger charge is 2.31. The first-order valence-electron chi connectivity index (χ1n) is 7.79. The maximum atomic E-state index is 13.6. The molecule has 0 unspecified atom stereocenters. The molecule has 26 heavy (non-hydrogen) atoms. The molecular weight excluding hydrogens is 348 g/mol. The van der Waals surface area contributed by atoms with Crippen molar-refractivity contribution in [2.45, 2.75) is 19.1 Å². The van der Waals surface area contributed by atoms with Crippen molar-refractivity contribution in [1.82, 2.24) is 0 Å². The fraction of sp³-hybridized carbons (Fsp3) is 0.222. The van der Waals surface area contributed by atoms with E-state index >= 15 is 0 Å². The van der Waals surface area contributed by atoms with Gasteiger partial charge in [-0.1, -0.05) is 18.2 Å². The third-order valence-electron chi connectivity index (χ3n) is 3.64. The average Bonchev–Trinajstić information content (AvgIpc) is 2.64. The summed E-state index contributed by atoms with van der Waals surface area (Å²) in [5.74, 6) is -2.69. The molecule has 6 nitrogen and oxygen atoms in total. The van der Waals surface area contributed by atoms with Crippen LogP contribution in [-0.4, -0.2) is 30.7 Å². The van der Waals surface area contributed by atoms with Crippen LogP contribution in [0.1, 0.15) is 6.92 Å². The largest absolute Gasteiger partial charge is 0.485 e. The molecule has 2 atom stereocenters. The zero-order valence-electron chi connectivity index (χ0n) is 13.7. The predicted molar refractivity (Wildman–Crippen MR) is 86.9 cm³/mol. The van der Waals surface area contributed by atoms with E-state index in [2.05, 4.69) is 5.32 Å². The molecule has 0 fully saturated rings. The molecule has 136 valence electrons. The Morgan fingerprint density at radius 3 is 2.46 bits per heavy atom. The van der Waals surface area contributed by atoms with Gasteiger partial charge in [0.25, 0.3) is 5.91 Å². The van der Waals surface area contributed by atoms with Crippen molar-refractivity contribution in [3.05, 3.63) is 54.1 Å². The van der Waals surface area contributed by atoms with Gasteiger partial charge in [-0.15, -0.1) is 0 Å². The van der Waals surface area contributed by atoms with Crippen LogP contribution in [0.25, 0.3) is 0 Å². The van der Waals surface area contributed by atoms with Crippen LogP contribution in [0, 0.1) is 11.6 Å². The van der Waals surface area contributed by atoms with Gasteiger partial charge < -0.3 is 19.5 Å². The molecule has 0 bridgehead atoms. The second-order valence-corrected chi connectivity index (χ2v) is 5.53. The van der Waals surface area contributed by atoms with Crippen molar-refractivity contribution in [2.24, 2.45) is 0 Å². The number of para-hydroxylation sites is 3. The number of hydrogen-bond donors (Lipinski definition) is 1. The number of benzene rings is 2. The second kappa shape index (κ2) is 7.38. The van der Waals surface area contributed by atoms with Gasteiger partial charge in [-0.05, 0) is 31.2 Å². The Bertz CT molecular complexity index is 822. The average molecular weight is 363 g/mol. The summed E-state index contributed by atoms with van der Waals surface area (Å²) >= 11 is 0. The summed E-state index contributed by atoms with van der Waals surface area (Å²) in [7, 11) is 0. The summed E-state index contributed by atoms with van der Waals surface area (Å²) < 4.78 is 43.0. The van der Waals surface area contributed by atoms with Crippen molar-refractivity contribution >= 4 is 17.6 Å². The zero-order chi connectivity index (χ0) is 18.7. The van der Waals surface area contributed by atoms with E-state index in [1.807, 2.05) is 0 Å². The molecule has 0 spiro atoms. The Morgan fingerprint density at radius 1 is 1.12 bits per heavy atom. The maximum absolute atomic E-state index is 13.6. The van der Waals surface area contributed by atoms with E-state index in [0.29, 0.717) is 11.5 Å². The lowest BCUT2D eigenvalue weighted by Crippen LogP contribution is -2.41. The number of rotatable bonds is 4. The number of carbonyl (C=O) groups excluding carboxylic acids is 2. The van der Waals surface area contributed by atoms with E-state index in [-0.39, 0.29) is 6.61 Å². The first kappa shape index (κ1) is 17.7. The van der Waals surface area contributed by atoms with Crippen molar-refractivity contribution in [3.8, 4) is 11.5 Å². The van der Waals surface area contributed by atoms with Crippen LogP contribution in [0.15, 0.2) is 42.5 Å². The first-order valence-corrected chi connectivity index (χ1v) is 7.79. The highest BCUT2D eigenvalue weighted by molar-refractivity contribution is 5.95. The summed E-state index contributed by atoms with van der Waals surface area (Å²) in [6.45, 7) is 1.20. The van der Waals surface area contributed by atoms with Gasteiger partial charge in [0.05, 0.1) is 0 Å². The van der Waals surface area contributed by atoms with Crippen LogP contribution < -0.4 is 14.8 Å². The molecule has 0 saturated heterocycles. The fourth-order valence-corrected chi connectivity index (χ4v) is 2.28. The Hall–Kier alpha value is -3.16. The van der Waals surface area contributed by atoms with Gasteiger partial charge in [-0.2, -0.15) is 0 Å². The van der Waals surface area contributed by atoms with Crippen LogP contribution >= 0.6 is 0 Å². The molecule has 0 aromatic heterocycles. The number of ether oxygens (including phenoxy) is 3. The molecule has 3 rings (SSSR count). The highest BCUT2D eigenvalue weighted by atomic mass is 19.1. The van der Waals surface area contributed by atoms with E-state index in [0.717, 1.165) is 12.1 Å². The van der Waals surface area contributed by atoms with Crippen LogP contribution in [0.2, 0.25) is 0 Å². The molecule has 0 saturated carbocycles. The summed E-state index contributed by atoms with van der Waals surface area (Å²) in [4.78, 5) is 24.2. The molecule has 8 heteroatoms. The number of fused-ring (bicyclic) bond motifs is 1. The van der Waals surface area contributed by atoms with Gasteiger partial charge in [0.2, 0.25) is 6.10 Å². The quantitative estimate of drug-likeness (QED) is 0.846. The number of nitrogens with one attached hydrogen (secondary N) is 1. The maximum Gasteiger partial charge on any atom is 0.351 e. The number of hydrogen-bond acceptors (Lipinski definition) is 5. The summed E-state index contributed by atoms with van der Waals surface area (Å²) in [5, 5.41) is 2.06. The van der Waals surface area contributed by atoms with Gasteiger partial charge >= 0.3 is 5.97 Å². The minimum absolute atomic E-state index is 0.0773. The second-order valence-electron chi connectivity index (χ2n) is 5.53. The predicted octanol–water partition coefficient (Wildman–Crippen LogP) is 2.67. The van der Waals surface area contributed by atoms with Crippen molar-refractivity contribution < 1.29 is 32.6 Å². The van der Waals surface area contributed by atoms with Crippen LogP contribution in [0.4, 0.5) is 14.5 Å². The van der Waals surface area contributed by atoms with Crippen molar-refractivity contribution in [3.63, 3.8) is 0 Å². The lowest BCUT2D eigenvalue weighted by Gasteiger charge is -2.25. The highest BCUT2D eigenvalue weighted by Crippen LogP contribution is 2.31. The minimum atomic E-state index is -1.29. The summed E-state index contributed by atoms with van der Waals surface area (Å²) in [6.07, 6.45) is -2.34. The minimum Gasteiger partial charge on any atom is -0.485 e. The van der Waals surface area contributed by atoms with Crippen LogP contribution in [-0.2, 0) is 14.3 Å².